The molecule has 1 amide bonds. The first kappa shape index (κ1) is 28.1. The van der Waals surface area contributed by atoms with Gasteiger partial charge in [0.25, 0.3) is 5.91 Å². The number of hydrogen-bond acceptors (Lipinski definition) is 4. The number of hydrazone groups is 1. The minimum absolute atomic E-state index is 0.156. The van der Waals surface area contributed by atoms with Gasteiger partial charge in [-0.3, -0.25) is 4.79 Å². The molecule has 0 saturated carbocycles. The van der Waals surface area contributed by atoms with Crippen molar-refractivity contribution in [3.63, 3.8) is 0 Å². The van der Waals surface area contributed by atoms with E-state index >= 15 is 0 Å². The van der Waals surface area contributed by atoms with Gasteiger partial charge in [-0.05, 0) is 48.5 Å². The zero-order chi connectivity index (χ0) is 29.1. The number of nitrogens with zero attached hydrogens (tertiary/aromatic N) is 1. The minimum atomic E-state index is -4.66. The van der Waals surface area contributed by atoms with Crippen LogP contribution in [-0.2, 0) is 6.18 Å². The molecule has 0 aliphatic carbocycles. The number of nitrogens with one attached hydrogen (secondary N) is 2. The van der Waals surface area contributed by atoms with E-state index in [0.717, 1.165) is 10.5 Å². The Bertz CT molecular complexity index is 1800. The summed E-state index contributed by atoms with van der Waals surface area (Å²) in [6.07, 6.45) is -3.40. The fourth-order valence-electron chi connectivity index (χ4n) is 4.21. The van der Waals surface area contributed by atoms with Crippen molar-refractivity contribution in [2.24, 2.45) is 5.10 Å². The number of rotatable bonds is 6. The first-order valence-electron chi connectivity index (χ1n) is 12.0. The van der Waals surface area contributed by atoms with Crippen LogP contribution in [0.3, 0.4) is 0 Å². The highest BCUT2D eigenvalue weighted by atomic mass is 79.9. The van der Waals surface area contributed by atoms with Crippen molar-refractivity contribution in [2.75, 3.05) is 0 Å². The number of amides is 1. The summed E-state index contributed by atoms with van der Waals surface area (Å²) < 4.78 is 47.6. The first-order chi connectivity index (χ1) is 19.6. The number of ether oxygens (including phenoxy) is 1. The summed E-state index contributed by atoms with van der Waals surface area (Å²) in [6.45, 7) is 0. The van der Waals surface area contributed by atoms with Crippen LogP contribution >= 0.6 is 27.5 Å². The van der Waals surface area contributed by atoms with Crippen molar-refractivity contribution >= 4 is 56.5 Å². The van der Waals surface area contributed by atoms with E-state index in [1.807, 2.05) is 0 Å². The van der Waals surface area contributed by atoms with E-state index in [2.05, 4.69) is 31.4 Å². The molecule has 0 atom stereocenters. The summed E-state index contributed by atoms with van der Waals surface area (Å²) in [6, 6.07) is 23.4. The molecule has 1 aromatic heterocycles. The Balaban J connectivity index is 1.46. The smallest absolute Gasteiger partial charge is 0.418 e. The van der Waals surface area contributed by atoms with Gasteiger partial charge < -0.3 is 9.72 Å². The van der Waals surface area contributed by atoms with Gasteiger partial charge in [0.2, 0.25) is 0 Å². The maximum atomic E-state index is 13.8. The minimum Gasteiger partial charge on any atom is -0.422 e. The molecule has 0 aliphatic heterocycles. The number of benzene rings is 4. The first-order valence-corrected chi connectivity index (χ1v) is 13.2. The van der Waals surface area contributed by atoms with Gasteiger partial charge in [-0.2, -0.15) is 18.3 Å². The Morgan fingerprint density at radius 1 is 0.927 bits per heavy atom. The maximum Gasteiger partial charge on any atom is 0.418 e. The molecule has 0 unspecified atom stereocenters. The second kappa shape index (κ2) is 11.6. The number of hydrogen-bond donors (Lipinski definition) is 2. The summed E-state index contributed by atoms with van der Waals surface area (Å²) in [7, 11) is 0. The molecule has 0 fully saturated rings. The Hall–Kier alpha value is -4.41. The third-order valence-electron chi connectivity index (χ3n) is 6.08. The Kier molecular flexibility index (Phi) is 7.96. The van der Waals surface area contributed by atoms with Crippen LogP contribution in [-0.4, -0.2) is 23.1 Å². The van der Waals surface area contributed by atoms with Gasteiger partial charge in [0.15, 0.2) is 0 Å². The molecule has 206 valence electrons. The van der Waals surface area contributed by atoms with Crippen LogP contribution in [0.25, 0.3) is 22.0 Å². The summed E-state index contributed by atoms with van der Waals surface area (Å²) in [5, 5.41) is 4.40. The highest BCUT2D eigenvalue weighted by Crippen LogP contribution is 2.41. The van der Waals surface area contributed by atoms with E-state index in [-0.39, 0.29) is 32.9 Å². The van der Waals surface area contributed by atoms with Crippen LogP contribution < -0.4 is 10.2 Å². The molecule has 11 heteroatoms. The van der Waals surface area contributed by atoms with Crippen LogP contribution in [0.5, 0.6) is 5.75 Å². The number of H-pyrrole nitrogens is 1. The van der Waals surface area contributed by atoms with Gasteiger partial charge in [-0.1, -0.05) is 70.0 Å². The SMILES string of the molecule is O=C(Oc1ccccc1C=NNC(=O)c1[nH]c2c(C(F)(F)F)cccc2c1-c1ccccc1Cl)c1ccc(Br)cc1. The van der Waals surface area contributed by atoms with Gasteiger partial charge in [-0.15, -0.1) is 0 Å². The van der Waals surface area contributed by atoms with Crippen molar-refractivity contribution in [1.82, 2.24) is 10.4 Å². The molecular weight excluding hydrogens is 623 g/mol. The summed E-state index contributed by atoms with van der Waals surface area (Å²) in [5.41, 5.74) is 2.29. The molecule has 5 rings (SSSR count). The number of fused-ring (bicyclic) bond motifs is 1. The van der Waals surface area contributed by atoms with E-state index < -0.39 is 23.6 Å². The van der Waals surface area contributed by atoms with E-state index in [1.54, 1.807) is 72.8 Å². The lowest BCUT2D eigenvalue weighted by Crippen LogP contribution is -2.19. The second-order valence-corrected chi connectivity index (χ2v) is 10.0. The number of halogens is 5. The lowest BCUT2D eigenvalue weighted by Gasteiger charge is -2.08. The van der Waals surface area contributed by atoms with Crippen LogP contribution in [0.4, 0.5) is 13.2 Å². The van der Waals surface area contributed by atoms with Gasteiger partial charge >= 0.3 is 12.1 Å². The molecule has 41 heavy (non-hydrogen) atoms. The van der Waals surface area contributed by atoms with Gasteiger partial charge in [0, 0.05) is 31.6 Å². The molecular formula is C30H18BrClF3N3O3. The van der Waals surface area contributed by atoms with Gasteiger partial charge in [0.1, 0.15) is 11.4 Å². The normalized spacial score (nSPS) is 11.6. The van der Waals surface area contributed by atoms with Crippen molar-refractivity contribution in [3.8, 4) is 16.9 Å². The third-order valence-corrected chi connectivity index (χ3v) is 6.94. The number of esters is 1. The molecule has 0 saturated heterocycles. The molecule has 0 bridgehead atoms. The highest BCUT2D eigenvalue weighted by Gasteiger charge is 2.35. The zero-order valence-electron chi connectivity index (χ0n) is 20.8. The van der Waals surface area contributed by atoms with Crippen LogP contribution in [0.2, 0.25) is 5.02 Å². The summed E-state index contributed by atoms with van der Waals surface area (Å²) in [4.78, 5) is 28.5. The predicted molar refractivity (Wildman–Crippen MR) is 154 cm³/mol. The molecule has 4 aromatic carbocycles. The third kappa shape index (κ3) is 6.03. The molecule has 0 radical (unpaired) electrons. The molecule has 6 nitrogen and oxygen atoms in total. The largest absolute Gasteiger partial charge is 0.422 e. The van der Waals surface area contributed by atoms with E-state index in [4.69, 9.17) is 16.3 Å². The molecule has 1 heterocycles. The summed E-state index contributed by atoms with van der Waals surface area (Å²) >= 11 is 9.69. The Morgan fingerprint density at radius 2 is 1.63 bits per heavy atom. The van der Waals surface area contributed by atoms with Gasteiger partial charge in [0.05, 0.1) is 22.9 Å². The lowest BCUT2D eigenvalue weighted by molar-refractivity contribution is -0.136. The number of carbonyl (C=O) groups excluding carboxylic acids is 2. The molecule has 0 spiro atoms. The molecule has 2 N–H and O–H groups in total. The van der Waals surface area contributed by atoms with Crippen LogP contribution in [0, 0.1) is 0 Å². The van der Waals surface area contributed by atoms with Crippen molar-refractivity contribution < 1.29 is 27.5 Å². The summed E-state index contributed by atoms with van der Waals surface area (Å²) in [5.74, 6) is -1.20. The van der Waals surface area contributed by atoms with Crippen molar-refractivity contribution in [3.05, 3.63) is 123 Å². The fraction of sp³-hybridized carbons (Fsp3) is 0.0333. The van der Waals surface area contributed by atoms with Crippen LogP contribution in [0.1, 0.15) is 32.0 Å². The van der Waals surface area contributed by atoms with E-state index in [1.165, 1.54) is 18.3 Å². The van der Waals surface area contributed by atoms with Crippen molar-refractivity contribution in [1.29, 1.82) is 0 Å². The monoisotopic (exact) mass is 639 g/mol. The zero-order valence-corrected chi connectivity index (χ0v) is 23.1. The highest BCUT2D eigenvalue weighted by molar-refractivity contribution is 9.10. The van der Waals surface area contributed by atoms with E-state index in [0.29, 0.717) is 16.7 Å². The topological polar surface area (TPSA) is 83.5 Å². The fourth-order valence-corrected chi connectivity index (χ4v) is 4.70. The number of para-hydroxylation sites is 2. The Labute approximate surface area is 244 Å². The standard InChI is InChI=1S/C30H18BrClF3N3O3/c31-19-14-12-17(13-15-19)29(40)41-24-11-4-1-6-18(24)16-36-38-28(39)27-25(20-7-2-3-10-23(20)32)21-8-5-9-22(26(21)37-27)30(33,34)35/h1-16,37H,(H,38,39). The Morgan fingerprint density at radius 3 is 2.37 bits per heavy atom. The van der Waals surface area contributed by atoms with Gasteiger partial charge in [-0.25, -0.2) is 10.2 Å². The second-order valence-electron chi connectivity index (χ2n) is 8.71. The average Bonchev–Trinajstić information content (AvgIpc) is 3.33. The van der Waals surface area contributed by atoms with Crippen LogP contribution in [0.15, 0.2) is 101 Å². The molecule has 5 aromatic rings. The predicted octanol–water partition coefficient (Wildman–Crippen LogP) is 8.25. The number of alkyl halides is 3. The quantitative estimate of drug-likeness (QED) is 0.0849. The number of carbonyl (C=O) groups is 2. The molecule has 0 aliphatic rings. The number of aromatic amines is 1. The average molecular weight is 641 g/mol. The lowest BCUT2D eigenvalue weighted by atomic mass is 10.00. The van der Waals surface area contributed by atoms with E-state index in [9.17, 15) is 22.8 Å². The van der Waals surface area contributed by atoms with Crippen molar-refractivity contribution in [2.45, 2.75) is 6.18 Å². The maximum absolute atomic E-state index is 13.8. The number of aromatic nitrogens is 1.